The van der Waals surface area contributed by atoms with Crippen LogP contribution < -0.4 is 5.51 Å². The molecule has 0 N–H and O–H groups in total. The topological polar surface area (TPSA) is 43.1 Å². The van der Waals surface area contributed by atoms with E-state index >= 15 is 0 Å². The Bertz CT molecular complexity index is 399. The Hall–Kier alpha value is -0.903. The van der Waals surface area contributed by atoms with Gasteiger partial charge in [0.15, 0.2) is 25.1 Å². The number of hydrogen-bond acceptors (Lipinski definition) is 3. The second kappa shape index (κ2) is 5.39. The minimum atomic E-state index is -1.86. The number of oxazole rings is 1. The quantitative estimate of drug-likeness (QED) is 0.602. The molecule has 18 heavy (non-hydrogen) atoms. The van der Waals surface area contributed by atoms with Crippen LogP contribution in [-0.2, 0) is 0 Å². The number of carbonyl (C=O) groups is 1. The summed E-state index contributed by atoms with van der Waals surface area (Å²) in [6, 6.07) is 0. The first-order chi connectivity index (χ1) is 8.24. The number of rotatable bonds is 5. The van der Waals surface area contributed by atoms with Gasteiger partial charge in [-0.2, -0.15) is 0 Å². The molecule has 0 atom stereocenters. The third-order valence-corrected chi connectivity index (χ3v) is 10.8. The Labute approximate surface area is 111 Å². The van der Waals surface area contributed by atoms with Crippen LogP contribution >= 0.6 is 0 Å². The van der Waals surface area contributed by atoms with Gasteiger partial charge in [-0.1, -0.05) is 41.5 Å². The minimum absolute atomic E-state index is 0.0482. The van der Waals surface area contributed by atoms with E-state index in [1.165, 1.54) is 6.92 Å². The van der Waals surface area contributed by atoms with E-state index < -0.39 is 8.07 Å². The number of hydrogen-bond donors (Lipinski definition) is 0. The van der Waals surface area contributed by atoms with E-state index in [4.69, 9.17) is 4.42 Å². The Balaban J connectivity index is 3.37. The minimum Gasteiger partial charge on any atom is -0.443 e. The molecular weight excluding hydrogens is 242 g/mol. The first kappa shape index (κ1) is 15.2. The summed E-state index contributed by atoms with van der Waals surface area (Å²) in [6.07, 6.45) is 1.59. The van der Waals surface area contributed by atoms with Crippen LogP contribution in [0.15, 0.2) is 10.6 Å². The van der Waals surface area contributed by atoms with E-state index in [1.54, 1.807) is 6.20 Å². The predicted molar refractivity (Wildman–Crippen MR) is 77.2 cm³/mol. The summed E-state index contributed by atoms with van der Waals surface area (Å²) in [5.74, 6) is 0.344. The number of aromatic nitrogens is 1. The molecule has 0 aliphatic carbocycles. The van der Waals surface area contributed by atoms with Crippen molar-refractivity contribution in [2.24, 2.45) is 0 Å². The summed E-state index contributed by atoms with van der Waals surface area (Å²) in [5.41, 5.74) is 2.45. The normalized spacial score (nSPS) is 12.8. The molecule has 3 nitrogen and oxygen atoms in total. The van der Waals surface area contributed by atoms with Crippen molar-refractivity contribution in [3.63, 3.8) is 0 Å². The molecule has 0 bridgehead atoms. The number of carbonyl (C=O) groups excluding carboxylic acids is 1. The molecule has 102 valence electrons. The maximum absolute atomic E-state index is 11.4. The van der Waals surface area contributed by atoms with Crippen molar-refractivity contribution in [1.82, 2.24) is 4.98 Å². The molecule has 0 unspecified atom stereocenters. The van der Waals surface area contributed by atoms with Crippen molar-refractivity contribution in [1.29, 1.82) is 0 Å². The summed E-state index contributed by atoms with van der Waals surface area (Å²) in [5, 5.41) is 0. The SMILES string of the molecule is CC(=O)c1cnc([Si](C(C)C)(C(C)C)C(C)C)o1. The average Bonchev–Trinajstić information content (AvgIpc) is 2.66. The summed E-state index contributed by atoms with van der Waals surface area (Å²) >= 11 is 0. The van der Waals surface area contributed by atoms with E-state index in [0.29, 0.717) is 22.4 Å². The van der Waals surface area contributed by atoms with Gasteiger partial charge in [0.1, 0.15) is 0 Å². The van der Waals surface area contributed by atoms with E-state index in [1.807, 2.05) is 0 Å². The zero-order valence-electron chi connectivity index (χ0n) is 12.6. The van der Waals surface area contributed by atoms with Gasteiger partial charge in [0.25, 0.3) is 0 Å². The van der Waals surface area contributed by atoms with Crippen LogP contribution in [0.2, 0.25) is 16.6 Å². The van der Waals surface area contributed by atoms with Crippen molar-refractivity contribution in [3.05, 3.63) is 12.0 Å². The van der Waals surface area contributed by atoms with Gasteiger partial charge >= 0.3 is 0 Å². The molecule has 0 aliphatic rings. The highest BCUT2D eigenvalue weighted by molar-refractivity contribution is 6.93. The van der Waals surface area contributed by atoms with Gasteiger partial charge in [-0.15, -0.1) is 0 Å². The summed E-state index contributed by atoms with van der Waals surface area (Å²) in [7, 11) is -1.86. The van der Waals surface area contributed by atoms with Gasteiger partial charge in [0, 0.05) is 6.92 Å². The van der Waals surface area contributed by atoms with Crippen molar-refractivity contribution in [2.45, 2.75) is 65.1 Å². The number of ketones is 1. The molecule has 0 saturated carbocycles. The molecule has 1 rings (SSSR count). The second-order valence-corrected chi connectivity index (χ2v) is 11.7. The lowest BCUT2D eigenvalue weighted by molar-refractivity contribution is 0.0988. The first-order valence-electron chi connectivity index (χ1n) is 6.71. The van der Waals surface area contributed by atoms with Crippen LogP contribution in [0.3, 0.4) is 0 Å². The summed E-state index contributed by atoms with van der Waals surface area (Å²) in [6.45, 7) is 15.0. The highest BCUT2D eigenvalue weighted by atomic mass is 28.3. The molecular formula is C14H25NO2Si. The van der Waals surface area contributed by atoms with Crippen molar-refractivity contribution in [2.75, 3.05) is 0 Å². The maximum atomic E-state index is 11.4. The Morgan fingerprint density at radius 2 is 1.56 bits per heavy atom. The third kappa shape index (κ3) is 2.30. The fourth-order valence-corrected chi connectivity index (χ4v) is 9.43. The maximum Gasteiger partial charge on any atom is 0.196 e. The molecule has 0 amide bonds. The molecule has 1 aromatic heterocycles. The smallest absolute Gasteiger partial charge is 0.196 e. The summed E-state index contributed by atoms with van der Waals surface area (Å²) in [4.78, 5) is 15.8. The van der Waals surface area contributed by atoms with Crippen LogP contribution in [0.4, 0.5) is 0 Å². The molecule has 0 spiro atoms. The average molecular weight is 267 g/mol. The molecule has 0 aliphatic heterocycles. The van der Waals surface area contributed by atoms with Crippen molar-refractivity contribution < 1.29 is 9.21 Å². The second-order valence-electron chi connectivity index (χ2n) is 5.98. The standard InChI is InChI=1S/C14H25NO2Si/c1-9(2)18(10(3)4,11(5)6)14-15-8-13(17-14)12(7)16/h8-11H,1-7H3. The highest BCUT2D eigenvalue weighted by Crippen LogP contribution is 2.40. The van der Waals surface area contributed by atoms with Crippen molar-refractivity contribution >= 4 is 19.4 Å². The summed E-state index contributed by atoms with van der Waals surface area (Å²) < 4.78 is 5.80. The Kier molecular flexibility index (Phi) is 4.54. The van der Waals surface area contributed by atoms with E-state index in [9.17, 15) is 4.79 Å². The third-order valence-electron chi connectivity index (χ3n) is 4.09. The number of Topliss-reactive ketones (excluding diaryl/α,β-unsaturated/α-hetero) is 1. The van der Waals surface area contributed by atoms with Crippen LogP contribution in [0.5, 0.6) is 0 Å². The van der Waals surface area contributed by atoms with Gasteiger partial charge in [-0.3, -0.25) is 4.79 Å². The fraction of sp³-hybridized carbons (Fsp3) is 0.714. The Morgan fingerprint density at radius 3 is 1.83 bits per heavy atom. The fourth-order valence-electron chi connectivity index (χ4n) is 3.38. The van der Waals surface area contributed by atoms with Crippen LogP contribution in [-0.4, -0.2) is 18.8 Å². The highest BCUT2D eigenvalue weighted by Gasteiger charge is 2.49. The van der Waals surface area contributed by atoms with Gasteiger partial charge in [0.05, 0.1) is 6.20 Å². The molecule has 0 saturated heterocycles. The van der Waals surface area contributed by atoms with Gasteiger partial charge < -0.3 is 4.42 Å². The Morgan fingerprint density at radius 1 is 1.11 bits per heavy atom. The lowest BCUT2D eigenvalue weighted by Crippen LogP contribution is -2.56. The van der Waals surface area contributed by atoms with Gasteiger partial charge in [0.2, 0.25) is 0 Å². The lowest BCUT2D eigenvalue weighted by Gasteiger charge is -2.39. The zero-order valence-corrected chi connectivity index (χ0v) is 13.6. The van der Waals surface area contributed by atoms with Crippen LogP contribution in [0.1, 0.15) is 59.0 Å². The van der Waals surface area contributed by atoms with E-state index in [2.05, 4.69) is 46.5 Å². The lowest BCUT2D eigenvalue weighted by atomic mass is 10.4. The predicted octanol–water partition coefficient (Wildman–Crippen LogP) is 3.76. The monoisotopic (exact) mass is 267 g/mol. The molecule has 1 heterocycles. The van der Waals surface area contributed by atoms with Gasteiger partial charge in [-0.25, -0.2) is 4.98 Å². The molecule has 0 fully saturated rings. The first-order valence-corrected chi connectivity index (χ1v) is 8.95. The number of nitrogens with zero attached hydrogens (tertiary/aromatic N) is 1. The van der Waals surface area contributed by atoms with Crippen LogP contribution in [0, 0.1) is 0 Å². The molecule has 0 aromatic carbocycles. The van der Waals surface area contributed by atoms with E-state index in [-0.39, 0.29) is 5.78 Å². The zero-order chi connectivity index (χ0) is 14.1. The molecule has 1 aromatic rings. The molecule has 0 radical (unpaired) electrons. The van der Waals surface area contributed by atoms with Crippen molar-refractivity contribution in [3.8, 4) is 0 Å². The molecule has 4 heteroatoms. The van der Waals surface area contributed by atoms with Crippen LogP contribution in [0.25, 0.3) is 0 Å². The van der Waals surface area contributed by atoms with E-state index in [0.717, 1.165) is 5.51 Å². The largest absolute Gasteiger partial charge is 0.443 e. The van der Waals surface area contributed by atoms with Gasteiger partial charge in [-0.05, 0) is 16.6 Å².